The maximum absolute atomic E-state index is 5.56. The second-order valence-electron chi connectivity index (χ2n) is 3.68. The molecule has 0 fully saturated rings. The third kappa shape index (κ3) is 4.09. The highest BCUT2D eigenvalue weighted by Gasteiger charge is 2.03. The van der Waals surface area contributed by atoms with E-state index in [0.29, 0.717) is 5.92 Å². The summed E-state index contributed by atoms with van der Waals surface area (Å²) in [6.45, 7) is 14.7. The topological polar surface area (TPSA) is 26.0 Å². The number of hydrogen-bond donors (Lipinski definition) is 1. The van der Waals surface area contributed by atoms with Crippen molar-refractivity contribution in [1.82, 2.24) is 0 Å². The molecule has 13 heavy (non-hydrogen) atoms. The highest BCUT2D eigenvalue weighted by Crippen LogP contribution is 2.19. The molecule has 0 aliphatic heterocycles. The lowest BCUT2D eigenvalue weighted by atomic mass is 9.96. The summed E-state index contributed by atoms with van der Waals surface area (Å²) in [6.07, 6.45) is 2.85. The molecule has 0 aromatic rings. The van der Waals surface area contributed by atoms with E-state index in [0.717, 1.165) is 18.5 Å². The molecule has 0 bridgehead atoms. The molecule has 1 atom stereocenters. The molecule has 0 saturated heterocycles. The Balaban J connectivity index is 4.43. The SMILES string of the molecule is C=CC(=C)/C(C)=C(\C)CC(C)CN. The van der Waals surface area contributed by atoms with Crippen molar-refractivity contribution in [2.75, 3.05) is 6.54 Å². The Bertz CT molecular complexity index is 223. The van der Waals surface area contributed by atoms with Gasteiger partial charge in [-0.1, -0.05) is 31.7 Å². The van der Waals surface area contributed by atoms with Crippen LogP contribution in [0.1, 0.15) is 27.2 Å². The van der Waals surface area contributed by atoms with E-state index in [1.807, 2.05) is 0 Å². The van der Waals surface area contributed by atoms with Crippen molar-refractivity contribution in [2.45, 2.75) is 27.2 Å². The number of hydrogen-bond acceptors (Lipinski definition) is 1. The van der Waals surface area contributed by atoms with Gasteiger partial charge in [0.05, 0.1) is 0 Å². The van der Waals surface area contributed by atoms with Gasteiger partial charge in [-0.2, -0.15) is 0 Å². The highest BCUT2D eigenvalue weighted by atomic mass is 14.5. The van der Waals surface area contributed by atoms with Gasteiger partial charge in [-0.15, -0.1) is 0 Å². The van der Waals surface area contributed by atoms with Crippen LogP contribution in [0.15, 0.2) is 36.0 Å². The van der Waals surface area contributed by atoms with E-state index in [-0.39, 0.29) is 0 Å². The molecule has 0 spiro atoms. The smallest absolute Gasteiger partial charge is 0.00484 e. The molecule has 74 valence electrons. The van der Waals surface area contributed by atoms with Gasteiger partial charge in [0, 0.05) is 0 Å². The molecular formula is C12H21N. The minimum atomic E-state index is 0.549. The molecule has 1 heteroatoms. The van der Waals surface area contributed by atoms with E-state index in [1.165, 1.54) is 11.1 Å². The Morgan fingerprint density at radius 3 is 2.38 bits per heavy atom. The van der Waals surface area contributed by atoms with E-state index in [9.17, 15) is 0 Å². The van der Waals surface area contributed by atoms with Crippen molar-refractivity contribution < 1.29 is 0 Å². The molecule has 0 aliphatic rings. The fourth-order valence-corrected chi connectivity index (χ4v) is 1.19. The quantitative estimate of drug-likeness (QED) is 0.645. The van der Waals surface area contributed by atoms with Gasteiger partial charge in [0.15, 0.2) is 0 Å². The molecule has 0 aromatic heterocycles. The fourth-order valence-electron chi connectivity index (χ4n) is 1.19. The maximum Gasteiger partial charge on any atom is -0.00484 e. The van der Waals surface area contributed by atoms with Crippen molar-refractivity contribution in [1.29, 1.82) is 0 Å². The van der Waals surface area contributed by atoms with E-state index in [4.69, 9.17) is 5.73 Å². The first-order valence-corrected chi connectivity index (χ1v) is 4.71. The Kier molecular flexibility index (Phi) is 5.40. The summed E-state index contributed by atoms with van der Waals surface area (Å²) >= 11 is 0. The lowest BCUT2D eigenvalue weighted by Crippen LogP contribution is -2.11. The summed E-state index contributed by atoms with van der Waals surface area (Å²) in [4.78, 5) is 0. The zero-order valence-electron chi connectivity index (χ0n) is 9.06. The second-order valence-corrected chi connectivity index (χ2v) is 3.68. The molecule has 2 N–H and O–H groups in total. The summed E-state index contributed by atoms with van der Waals surface area (Å²) in [7, 11) is 0. The van der Waals surface area contributed by atoms with Crippen LogP contribution in [0.2, 0.25) is 0 Å². The van der Waals surface area contributed by atoms with Gasteiger partial charge in [-0.05, 0) is 43.9 Å². The lowest BCUT2D eigenvalue weighted by Gasteiger charge is -2.12. The second kappa shape index (κ2) is 5.76. The molecule has 0 radical (unpaired) electrons. The van der Waals surface area contributed by atoms with Gasteiger partial charge in [-0.3, -0.25) is 0 Å². The Morgan fingerprint density at radius 1 is 1.46 bits per heavy atom. The van der Waals surface area contributed by atoms with Crippen LogP contribution < -0.4 is 5.73 Å². The minimum absolute atomic E-state index is 0.549. The van der Waals surface area contributed by atoms with Crippen LogP contribution in [0, 0.1) is 5.92 Å². The van der Waals surface area contributed by atoms with Crippen LogP contribution in [0.25, 0.3) is 0 Å². The minimum Gasteiger partial charge on any atom is -0.330 e. The van der Waals surface area contributed by atoms with Gasteiger partial charge in [0.25, 0.3) is 0 Å². The van der Waals surface area contributed by atoms with Crippen LogP contribution in [-0.4, -0.2) is 6.54 Å². The molecule has 1 unspecified atom stereocenters. The number of allylic oxidation sites excluding steroid dienone is 4. The van der Waals surface area contributed by atoms with Gasteiger partial charge in [0.2, 0.25) is 0 Å². The van der Waals surface area contributed by atoms with E-state index >= 15 is 0 Å². The molecule has 0 aliphatic carbocycles. The van der Waals surface area contributed by atoms with Gasteiger partial charge in [0.1, 0.15) is 0 Å². The molecule has 0 heterocycles. The van der Waals surface area contributed by atoms with Crippen molar-refractivity contribution in [3.05, 3.63) is 36.0 Å². The molecular weight excluding hydrogens is 158 g/mol. The summed E-state index contributed by atoms with van der Waals surface area (Å²) in [6, 6.07) is 0. The van der Waals surface area contributed by atoms with E-state index in [1.54, 1.807) is 6.08 Å². The Labute approximate surface area is 82.0 Å². The average Bonchev–Trinajstić information content (AvgIpc) is 2.14. The molecule has 0 rings (SSSR count). The normalized spacial score (nSPS) is 14.8. The third-order valence-electron chi connectivity index (χ3n) is 2.43. The van der Waals surface area contributed by atoms with Crippen molar-refractivity contribution >= 4 is 0 Å². The van der Waals surface area contributed by atoms with Gasteiger partial charge in [-0.25, -0.2) is 0 Å². The van der Waals surface area contributed by atoms with Crippen molar-refractivity contribution in [2.24, 2.45) is 11.7 Å². The molecule has 0 aromatic carbocycles. The van der Waals surface area contributed by atoms with Gasteiger partial charge >= 0.3 is 0 Å². The number of nitrogens with two attached hydrogens (primary N) is 1. The van der Waals surface area contributed by atoms with Crippen LogP contribution in [0.5, 0.6) is 0 Å². The van der Waals surface area contributed by atoms with Crippen LogP contribution >= 0.6 is 0 Å². The fraction of sp³-hybridized carbons (Fsp3) is 0.500. The van der Waals surface area contributed by atoms with Gasteiger partial charge < -0.3 is 5.73 Å². The zero-order valence-corrected chi connectivity index (χ0v) is 9.06. The van der Waals surface area contributed by atoms with E-state index < -0.39 is 0 Å². The maximum atomic E-state index is 5.56. The largest absolute Gasteiger partial charge is 0.330 e. The first-order valence-electron chi connectivity index (χ1n) is 4.71. The lowest BCUT2D eigenvalue weighted by molar-refractivity contribution is 0.587. The summed E-state index contributed by atoms with van der Waals surface area (Å²) in [5.41, 5.74) is 9.19. The zero-order chi connectivity index (χ0) is 10.4. The van der Waals surface area contributed by atoms with Crippen LogP contribution in [0.4, 0.5) is 0 Å². The first-order chi connectivity index (χ1) is 6.02. The summed E-state index contributed by atoms with van der Waals surface area (Å²) < 4.78 is 0. The van der Waals surface area contributed by atoms with Crippen molar-refractivity contribution in [3.8, 4) is 0 Å². The van der Waals surface area contributed by atoms with E-state index in [2.05, 4.69) is 33.9 Å². The Hall–Kier alpha value is -0.820. The predicted molar refractivity (Wildman–Crippen MR) is 60.5 cm³/mol. The standard InChI is InChI=1S/C12H21N/c1-6-10(3)12(5)11(4)7-9(2)8-13/h6,9H,1,3,7-8,13H2,2,4-5H3/b12-11+. The molecule has 0 amide bonds. The molecule has 0 saturated carbocycles. The monoisotopic (exact) mass is 179 g/mol. The van der Waals surface area contributed by atoms with Crippen LogP contribution in [0.3, 0.4) is 0 Å². The van der Waals surface area contributed by atoms with Crippen molar-refractivity contribution in [3.63, 3.8) is 0 Å². The average molecular weight is 179 g/mol. The Morgan fingerprint density at radius 2 is 2.00 bits per heavy atom. The summed E-state index contributed by atoms with van der Waals surface area (Å²) in [5.74, 6) is 0.549. The third-order valence-corrected chi connectivity index (χ3v) is 2.43. The van der Waals surface area contributed by atoms with Crippen LogP contribution in [-0.2, 0) is 0 Å². The highest BCUT2D eigenvalue weighted by molar-refractivity contribution is 5.37. The number of rotatable bonds is 5. The predicted octanol–water partition coefficient (Wildman–Crippen LogP) is 3.05. The summed E-state index contributed by atoms with van der Waals surface area (Å²) in [5, 5.41) is 0. The molecule has 1 nitrogen and oxygen atoms in total. The first kappa shape index (κ1) is 12.2.